The van der Waals surface area contributed by atoms with Crippen molar-refractivity contribution in [3.05, 3.63) is 249 Å². The fourth-order valence-corrected chi connectivity index (χ4v) is 10.0. The van der Waals surface area contributed by atoms with Crippen molar-refractivity contribution in [3.63, 3.8) is 0 Å². The molecule has 12 aromatic rings. The highest BCUT2D eigenvalue weighted by molar-refractivity contribution is 6.29. The maximum absolute atomic E-state index is 4.40. The van der Waals surface area contributed by atoms with Gasteiger partial charge in [0.25, 0.3) is 0 Å². The number of nitrogens with zero attached hydrogens (tertiary/aromatic N) is 1. The van der Waals surface area contributed by atoms with Gasteiger partial charge in [-0.15, -0.1) is 0 Å². The van der Waals surface area contributed by atoms with Crippen LogP contribution < -0.4 is 0 Å². The molecule has 298 valence electrons. The molecule has 0 unspecified atom stereocenters. The van der Waals surface area contributed by atoms with Crippen LogP contribution in [0.4, 0.5) is 0 Å². The Labute approximate surface area is 373 Å². The van der Waals surface area contributed by atoms with Gasteiger partial charge in [-0.1, -0.05) is 200 Å². The third-order valence-electron chi connectivity index (χ3n) is 12.9. The van der Waals surface area contributed by atoms with Gasteiger partial charge >= 0.3 is 0 Å². The van der Waals surface area contributed by atoms with Crippen LogP contribution in [-0.2, 0) is 0 Å². The second-order valence-electron chi connectivity index (χ2n) is 16.6. The molecular weight excluding hydrogens is 771 g/mol. The summed E-state index contributed by atoms with van der Waals surface area (Å²) in [6.45, 7) is 0. The molecule has 0 radical (unpaired) electrons. The zero-order valence-electron chi connectivity index (χ0n) is 35.1. The maximum atomic E-state index is 4.40. The summed E-state index contributed by atoms with van der Waals surface area (Å²) in [6.07, 6.45) is 3.77. The lowest BCUT2D eigenvalue weighted by Crippen LogP contribution is -1.98. The van der Waals surface area contributed by atoms with Crippen molar-refractivity contribution in [2.24, 2.45) is 0 Å². The van der Waals surface area contributed by atoms with Crippen LogP contribution in [0.3, 0.4) is 0 Å². The molecule has 1 heteroatoms. The summed E-state index contributed by atoms with van der Waals surface area (Å²) < 4.78 is 0. The lowest BCUT2D eigenvalue weighted by Gasteiger charge is -2.25. The second kappa shape index (κ2) is 15.8. The molecule has 0 N–H and O–H groups in total. The average molecular weight is 812 g/mol. The van der Waals surface area contributed by atoms with Gasteiger partial charge in [0.2, 0.25) is 0 Å². The van der Waals surface area contributed by atoms with Gasteiger partial charge in [-0.2, -0.15) is 0 Å². The van der Waals surface area contributed by atoms with Crippen LogP contribution in [0.15, 0.2) is 249 Å². The molecule has 64 heavy (non-hydrogen) atoms. The van der Waals surface area contributed by atoms with Gasteiger partial charge in [-0.25, -0.2) is 0 Å². The summed E-state index contributed by atoms with van der Waals surface area (Å²) in [4.78, 5) is 4.40. The van der Waals surface area contributed by atoms with E-state index in [1.807, 2.05) is 18.5 Å². The summed E-state index contributed by atoms with van der Waals surface area (Å²) in [5.41, 5.74) is 19.1. The Hall–Kier alpha value is -8.39. The van der Waals surface area contributed by atoms with E-state index in [0.717, 1.165) is 11.1 Å². The Balaban J connectivity index is 1.10. The number of aromatic nitrogens is 1. The van der Waals surface area contributed by atoms with Crippen LogP contribution in [0.25, 0.3) is 121 Å². The van der Waals surface area contributed by atoms with Gasteiger partial charge < -0.3 is 0 Å². The summed E-state index contributed by atoms with van der Waals surface area (Å²) >= 11 is 0. The standard InChI is InChI=1S/C63H41N/c1-5-18-42(19-6-1)57-40-58(60(44-22-9-3-10-23-44)63(45-24-11-4-12-25-45)59(57)43-20-7-2-8-21-43)49-29-14-28-48(37-49)56-39-51-31-15-33-53-55(38-50-30-16-34-54(56)62(50)61(51)53)47-27-13-26-46(36-47)52-32-17-35-64-41-52/h1-41H. The Bertz CT molecular complexity index is 3620. The first kappa shape index (κ1) is 37.4. The Morgan fingerprint density at radius 3 is 1.12 bits per heavy atom. The smallest absolute Gasteiger partial charge is 0.0346 e. The van der Waals surface area contributed by atoms with E-state index in [1.165, 1.54) is 110 Å². The quantitative estimate of drug-likeness (QED) is 0.139. The first-order valence-corrected chi connectivity index (χ1v) is 22.0. The predicted octanol–water partition coefficient (Wildman–Crippen LogP) is 17.3. The van der Waals surface area contributed by atoms with E-state index >= 15 is 0 Å². The molecule has 0 amide bonds. The monoisotopic (exact) mass is 811 g/mol. The summed E-state index contributed by atoms with van der Waals surface area (Å²) in [5.74, 6) is 0. The van der Waals surface area contributed by atoms with Crippen LogP contribution in [0.2, 0.25) is 0 Å². The van der Waals surface area contributed by atoms with Gasteiger partial charge in [0.15, 0.2) is 0 Å². The summed E-state index contributed by atoms with van der Waals surface area (Å²) in [5, 5.41) is 7.60. The SMILES string of the molecule is c1ccc(-c2cc(-c3cccc(-c4cc5cccc6c(-c7cccc(-c8cccnc8)c7)cc7cccc4c7c56)c3)c(-c3ccccc3)c(-c3ccccc3)c2-c2ccccc2)cc1. The fourth-order valence-electron chi connectivity index (χ4n) is 10.0. The zero-order valence-corrected chi connectivity index (χ0v) is 35.1. The normalized spacial score (nSPS) is 11.4. The maximum Gasteiger partial charge on any atom is 0.0346 e. The van der Waals surface area contributed by atoms with Crippen LogP contribution >= 0.6 is 0 Å². The van der Waals surface area contributed by atoms with Crippen LogP contribution in [0.1, 0.15) is 0 Å². The minimum absolute atomic E-state index is 1.11. The highest BCUT2D eigenvalue weighted by Gasteiger charge is 2.24. The highest BCUT2D eigenvalue weighted by atomic mass is 14.6. The molecule has 0 bridgehead atoms. The Morgan fingerprint density at radius 2 is 0.625 bits per heavy atom. The zero-order chi connectivity index (χ0) is 42.4. The van der Waals surface area contributed by atoms with Crippen molar-refractivity contribution in [3.8, 4) is 89.0 Å². The fraction of sp³-hybridized carbons (Fsp3) is 0. The van der Waals surface area contributed by atoms with Crippen LogP contribution in [-0.4, -0.2) is 4.98 Å². The first-order valence-electron chi connectivity index (χ1n) is 22.0. The third kappa shape index (κ3) is 6.46. The van der Waals surface area contributed by atoms with Crippen molar-refractivity contribution in [1.82, 2.24) is 4.98 Å². The molecule has 0 saturated carbocycles. The van der Waals surface area contributed by atoms with Crippen molar-refractivity contribution >= 4 is 32.3 Å². The number of benzene rings is 11. The molecule has 0 spiro atoms. The van der Waals surface area contributed by atoms with E-state index in [9.17, 15) is 0 Å². The molecule has 0 aliphatic rings. The van der Waals surface area contributed by atoms with E-state index in [4.69, 9.17) is 0 Å². The Kier molecular flexibility index (Phi) is 9.24. The van der Waals surface area contributed by atoms with E-state index in [2.05, 4.69) is 236 Å². The van der Waals surface area contributed by atoms with Crippen molar-refractivity contribution < 1.29 is 0 Å². The molecular formula is C63H41N. The van der Waals surface area contributed by atoms with Crippen LogP contribution in [0, 0.1) is 0 Å². The second-order valence-corrected chi connectivity index (χ2v) is 16.6. The molecule has 1 nitrogen and oxygen atoms in total. The highest BCUT2D eigenvalue weighted by Crippen LogP contribution is 2.51. The number of pyridine rings is 1. The number of hydrogen-bond acceptors (Lipinski definition) is 1. The molecule has 12 rings (SSSR count). The Morgan fingerprint density at radius 1 is 0.234 bits per heavy atom. The molecule has 0 aliphatic heterocycles. The lowest BCUT2D eigenvalue weighted by molar-refractivity contribution is 1.33. The number of rotatable bonds is 8. The number of hydrogen-bond donors (Lipinski definition) is 0. The van der Waals surface area contributed by atoms with E-state index < -0.39 is 0 Å². The molecule has 1 aromatic heterocycles. The molecule has 11 aromatic carbocycles. The molecule has 0 saturated heterocycles. The minimum Gasteiger partial charge on any atom is -0.264 e. The van der Waals surface area contributed by atoms with Crippen LogP contribution in [0.5, 0.6) is 0 Å². The van der Waals surface area contributed by atoms with Gasteiger partial charge in [0, 0.05) is 18.0 Å². The van der Waals surface area contributed by atoms with E-state index in [-0.39, 0.29) is 0 Å². The van der Waals surface area contributed by atoms with Crippen molar-refractivity contribution in [1.29, 1.82) is 0 Å². The molecule has 0 aliphatic carbocycles. The van der Waals surface area contributed by atoms with Gasteiger partial charge in [-0.05, 0) is 152 Å². The van der Waals surface area contributed by atoms with E-state index in [1.54, 1.807) is 0 Å². The van der Waals surface area contributed by atoms with Gasteiger partial charge in [-0.3, -0.25) is 4.98 Å². The lowest BCUT2D eigenvalue weighted by atomic mass is 9.78. The minimum atomic E-state index is 1.11. The molecule has 1 heterocycles. The summed E-state index contributed by atoms with van der Waals surface area (Å²) in [6, 6.07) is 86.8. The largest absolute Gasteiger partial charge is 0.264 e. The van der Waals surface area contributed by atoms with Gasteiger partial charge in [0.1, 0.15) is 0 Å². The van der Waals surface area contributed by atoms with Gasteiger partial charge in [0.05, 0.1) is 0 Å². The van der Waals surface area contributed by atoms with E-state index in [0.29, 0.717) is 0 Å². The first-order chi connectivity index (χ1) is 31.8. The van der Waals surface area contributed by atoms with Crippen molar-refractivity contribution in [2.75, 3.05) is 0 Å². The van der Waals surface area contributed by atoms with Crippen molar-refractivity contribution in [2.45, 2.75) is 0 Å². The average Bonchev–Trinajstić information content (AvgIpc) is 3.38. The topological polar surface area (TPSA) is 12.9 Å². The summed E-state index contributed by atoms with van der Waals surface area (Å²) in [7, 11) is 0. The predicted molar refractivity (Wildman–Crippen MR) is 271 cm³/mol. The molecule has 0 atom stereocenters. The molecule has 0 fully saturated rings. The third-order valence-corrected chi connectivity index (χ3v) is 12.9.